The van der Waals surface area contributed by atoms with Crippen LogP contribution < -0.4 is 4.74 Å². The van der Waals surface area contributed by atoms with Crippen LogP contribution in [0.5, 0.6) is 5.75 Å². The summed E-state index contributed by atoms with van der Waals surface area (Å²) < 4.78 is 10.9. The molecule has 0 saturated carbocycles. The van der Waals surface area contributed by atoms with Gasteiger partial charge in [-0.1, -0.05) is 11.6 Å². The van der Waals surface area contributed by atoms with Crippen LogP contribution in [0.1, 0.15) is 27.2 Å². The summed E-state index contributed by atoms with van der Waals surface area (Å²) in [6, 6.07) is 6.95. The molecular formula is C19H29ClN2O4. The summed E-state index contributed by atoms with van der Waals surface area (Å²) in [6.07, 6.45) is 0.179. The second-order valence-corrected chi connectivity index (χ2v) is 7.69. The van der Waals surface area contributed by atoms with E-state index in [9.17, 15) is 9.59 Å². The molecule has 7 heteroatoms. The monoisotopic (exact) mass is 384 g/mol. The Morgan fingerprint density at radius 1 is 1.08 bits per heavy atom. The van der Waals surface area contributed by atoms with Crippen molar-refractivity contribution in [2.24, 2.45) is 0 Å². The van der Waals surface area contributed by atoms with Crippen LogP contribution in [0.25, 0.3) is 0 Å². The Kier molecular flexibility index (Phi) is 8.88. The van der Waals surface area contributed by atoms with E-state index in [1.54, 1.807) is 45.0 Å². The highest BCUT2D eigenvalue weighted by Gasteiger charge is 2.22. The van der Waals surface area contributed by atoms with Gasteiger partial charge in [0, 0.05) is 18.1 Å². The Morgan fingerprint density at radius 2 is 1.69 bits per heavy atom. The van der Waals surface area contributed by atoms with Gasteiger partial charge in [-0.15, -0.1) is 0 Å². The predicted octanol–water partition coefficient (Wildman–Crippen LogP) is 2.84. The van der Waals surface area contributed by atoms with Gasteiger partial charge in [0.2, 0.25) is 5.91 Å². The molecule has 0 spiro atoms. The van der Waals surface area contributed by atoms with E-state index in [-0.39, 0.29) is 25.5 Å². The van der Waals surface area contributed by atoms with Crippen LogP contribution in [0, 0.1) is 0 Å². The number of amides is 1. The Hall–Kier alpha value is -1.79. The van der Waals surface area contributed by atoms with E-state index in [0.717, 1.165) is 0 Å². The van der Waals surface area contributed by atoms with Crippen LogP contribution >= 0.6 is 11.6 Å². The average molecular weight is 385 g/mol. The molecule has 6 nitrogen and oxygen atoms in total. The molecule has 0 aromatic heterocycles. The maximum absolute atomic E-state index is 12.5. The second kappa shape index (κ2) is 10.4. The van der Waals surface area contributed by atoms with Gasteiger partial charge < -0.3 is 19.3 Å². The predicted molar refractivity (Wildman–Crippen MR) is 103 cm³/mol. The molecule has 0 fully saturated rings. The number of hydrogen-bond acceptors (Lipinski definition) is 5. The lowest BCUT2D eigenvalue weighted by atomic mass is 10.2. The summed E-state index contributed by atoms with van der Waals surface area (Å²) in [7, 11) is 3.83. The first-order chi connectivity index (χ1) is 12.1. The van der Waals surface area contributed by atoms with Crippen molar-refractivity contribution in [2.75, 3.05) is 40.3 Å². The van der Waals surface area contributed by atoms with Crippen molar-refractivity contribution in [3.8, 4) is 5.75 Å². The number of likely N-dealkylation sites (N-methyl/N-ethyl adjacent to an activating group) is 1. The van der Waals surface area contributed by atoms with Gasteiger partial charge >= 0.3 is 5.97 Å². The second-order valence-electron chi connectivity index (χ2n) is 7.26. The fourth-order valence-electron chi connectivity index (χ4n) is 2.09. The molecule has 0 bridgehead atoms. The molecule has 0 aliphatic rings. The van der Waals surface area contributed by atoms with Crippen LogP contribution in [-0.2, 0) is 14.3 Å². The molecule has 146 valence electrons. The highest BCUT2D eigenvalue weighted by molar-refractivity contribution is 6.30. The minimum Gasteiger partial charge on any atom is -0.493 e. The first kappa shape index (κ1) is 22.3. The van der Waals surface area contributed by atoms with Crippen LogP contribution in [-0.4, -0.2) is 67.6 Å². The van der Waals surface area contributed by atoms with Crippen molar-refractivity contribution in [1.82, 2.24) is 9.80 Å². The van der Waals surface area contributed by atoms with E-state index in [4.69, 9.17) is 21.1 Å². The lowest BCUT2D eigenvalue weighted by Crippen LogP contribution is -2.42. The van der Waals surface area contributed by atoms with Crippen molar-refractivity contribution in [2.45, 2.75) is 32.8 Å². The first-order valence-corrected chi connectivity index (χ1v) is 8.97. The van der Waals surface area contributed by atoms with Crippen molar-refractivity contribution < 1.29 is 19.1 Å². The zero-order valence-corrected chi connectivity index (χ0v) is 17.0. The largest absolute Gasteiger partial charge is 0.493 e. The van der Waals surface area contributed by atoms with Gasteiger partial charge in [0.25, 0.3) is 0 Å². The van der Waals surface area contributed by atoms with E-state index in [1.807, 2.05) is 19.0 Å². The topological polar surface area (TPSA) is 59.1 Å². The van der Waals surface area contributed by atoms with Gasteiger partial charge in [-0.05, 0) is 59.1 Å². The van der Waals surface area contributed by atoms with Crippen LogP contribution in [0.15, 0.2) is 24.3 Å². The minimum absolute atomic E-state index is 0.0646. The number of halogens is 1. The lowest BCUT2D eigenvalue weighted by Gasteiger charge is -2.26. The maximum Gasteiger partial charge on any atom is 0.326 e. The third-order valence-corrected chi connectivity index (χ3v) is 3.56. The number of esters is 1. The number of carbonyl (C=O) groups excluding carboxylic acids is 2. The molecule has 1 amide bonds. The lowest BCUT2D eigenvalue weighted by molar-refractivity contribution is -0.159. The summed E-state index contributed by atoms with van der Waals surface area (Å²) >= 11 is 5.83. The summed E-state index contributed by atoms with van der Waals surface area (Å²) in [6.45, 7) is 6.68. The number of benzene rings is 1. The van der Waals surface area contributed by atoms with Gasteiger partial charge in [-0.25, -0.2) is 0 Å². The quantitative estimate of drug-likeness (QED) is 0.613. The van der Waals surface area contributed by atoms with Gasteiger partial charge in [-0.2, -0.15) is 0 Å². The molecule has 0 heterocycles. The smallest absolute Gasteiger partial charge is 0.326 e. The summed E-state index contributed by atoms with van der Waals surface area (Å²) in [5, 5.41) is 0.626. The number of hydrogen-bond donors (Lipinski definition) is 0. The fourth-order valence-corrected chi connectivity index (χ4v) is 2.21. The SMILES string of the molecule is CN(C)CCN(CC(=O)OC(C)(C)C)C(=O)CCOc1ccc(Cl)cc1. The molecule has 0 aliphatic heterocycles. The van der Waals surface area contributed by atoms with Crippen LogP contribution in [0.3, 0.4) is 0 Å². The third kappa shape index (κ3) is 9.63. The Morgan fingerprint density at radius 3 is 2.23 bits per heavy atom. The normalized spacial score (nSPS) is 11.3. The molecule has 1 rings (SSSR count). The molecule has 1 aromatic rings. The summed E-state index contributed by atoms with van der Waals surface area (Å²) in [5.41, 5.74) is -0.578. The molecular weight excluding hydrogens is 356 g/mol. The Bertz CT molecular complexity index is 582. The molecule has 0 N–H and O–H groups in total. The highest BCUT2D eigenvalue weighted by atomic mass is 35.5. The fraction of sp³-hybridized carbons (Fsp3) is 0.579. The minimum atomic E-state index is -0.578. The van der Waals surface area contributed by atoms with E-state index in [2.05, 4.69) is 0 Å². The van der Waals surface area contributed by atoms with E-state index < -0.39 is 11.6 Å². The molecule has 0 radical (unpaired) electrons. The van der Waals surface area contributed by atoms with Gasteiger partial charge in [0.1, 0.15) is 17.9 Å². The molecule has 0 saturated heterocycles. The van der Waals surface area contributed by atoms with Gasteiger partial charge in [-0.3, -0.25) is 9.59 Å². The van der Waals surface area contributed by atoms with Gasteiger partial charge in [0.15, 0.2) is 0 Å². The van der Waals surface area contributed by atoms with E-state index >= 15 is 0 Å². The molecule has 1 aromatic carbocycles. The maximum atomic E-state index is 12.5. The highest BCUT2D eigenvalue weighted by Crippen LogP contribution is 2.15. The number of ether oxygens (including phenoxy) is 2. The van der Waals surface area contributed by atoms with Crippen molar-refractivity contribution in [3.63, 3.8) is 0 Å². The molecule has 26 heavy (non-hydrogen) atoms. The van der Waals surface area contributed by atoms with E-state index in [1.165, 1.54) is 4.90 Å². The summed E-state index contributed by atoms with van der Waals surface area (Å²) in [5.74, 6) is 0.0871. The zero-order chi connectivity index (χ0) is 19.7. The number of nitrogens with zero attached hydrogens (tertiary/aromatic N) is 2. The van der Waals surface area contributed by atoms with Crippen LogP contribution in [0.2, 0.25) is 5.02 Å². The van der Waals surface area contributed by atoms with Gasteiger partial charge in [0.05, 0.1) is 13.0 Å². The standard InChI is InChI=1S/C19H29ClN2O4/c1-19(2,3)26-18(24)14-22(12-11-21(4)5)17(23)10-13-25-16-8-6-15(20)7-9-16/h6-9H,10-14H2,1-5H3. The average Bonchev–Trinajstić information content (AvgIpc) is 2.51. The van der Waals surface area contributed by atoms with Crippen molar-refractivity contribution >= 4 is 23.5 Å². The van der Waals surface area contributed by atoms with E-state index in [0.29, 0.717) is 23.9 Å². The Balaban J connectivity index is 2.56. The molecule has 0 unspecified atom stereocenters. The third-order valence-electron chi connectivity index (χ3n) is 3.31. The number of rotatable bonds is 9. The first-order valence-electron chi connectivity index (χ1n) is 8.59. The van der Waals surface area contributed by atoms with Crippen molar-refractivity contribution in [1.29, 1.82) is 0 Å². The number of carbonyl (C=O) groups is 2. The molecule has 0 aliphatic carbocycles. The van der Waals surface area contributed by atoms with Crippen molar-refractivity contribution in [3.05, 3.63) is 29.3 Å². The van der Waals surface area contributed by atoms with Crippen LogP contribution in [0.4, 0.5) is 0 Å². The zero-order valence-electron chi connectivity index (χ0n) is 16.3. The summed E-state index contributed by atoms with van der Waals surface area (Å²) in [4.78, 5) is 28.0. The Labute approximate surface area is 161 Å². The molecule has 0 atom stereocenters.